The molecule has 72 valence electrons. The van der Waals surface area contributed by atoms with Crippen LogP contribution in [-0.4, -0.2) is 31.1 Å². The lowest BCUT2D eigenvalue weighted by Gasteiger charge is -2.42. The van der Waals surface area contributed by atoms with Crippen molar-refractivity contribution in [1.82, 2.24) is 4.90 Å². The zero-order valence-corrected chi connectivity index (χ0v) is 8.42. The van der Waals surface area contributed by atoms with Crippen LogP contribution in [0.4, 0.5) is 0 Å². The summed E-state index contributed by atoms with van der Waals surface area (Å²) in [5.74, 6) is 0.784. The molecular weight excluding hydrogens is 148 g/mol. The molecule has 0 spiro atoms. The number of unbranched alkanes of at least 4 members (excludes halogenated alkanes) is 1. The standard InChI is InChI=1S/C10H22N2/c1-3-4-7-12(2)10-6-5-9(10)8-11/h9-10H,3-8,11H2,1-2H3. The molecule has 1 aliphatic carbocycles. The van der Waals surface area contributed by atoms with Crippen LogP contribution < -0.4 is 5.73 Å². The molecule has 0 heterocycles. The molecule has 0 radical (unpaired) electrons. The van der Waals surface area contributed by atoms with Gasteiger partial charge in [0.2, 0.25) is 0 Å². The third kappa shape index (κ3) is 2.20. The van der Waals surface area contributed by atoms with Crippen molar-refractivity contribution in [3.63, 3.8) is 0 Å². The number of rotatable bonds is 5. The fourth-order valence-electron chi connectivity index (χ4n) is 1.98. The van der Waals surface area contributed by atoms with E-state index < -0.39 is 0 Å². The lowest BCUT2D eigenvalue weighted by atomic mass is 9.78. The summed E-state index contributed by atoms with van der Waals surface area (Å²) in [7, 11) is 2.24. The van der Waals surface area contributed by atoms with Gasteiger partial charge in [-0.25, -0.2) is 0 Å². The van der Waals surface area contributed by atoms with E-state index in [0.717, 1.165) is 18.5 Å². The van der Waals surface area contributed by atoms with Crippen LogP contribution >= 0.6 is 0 Å². The summed E-state index contributed by atoms with van der Waals surface area (Å²) in [6, 6.07) is 0.793. The quantitative estimate of drug-likeness (QED) is 0.677. The molecule has 12 heavy (non-hydrogen) atoms. The fourth-order valence-corrected chi connectivity index (χ4v) is 1.98. The molecule has 0 aromatic heterocycles. The maximum absolute atomic E-state index is 5.66. The number of hydrogen-bond acceptors (Lipinski definition) is 2. The number of nitrogens with zero attached hydrogens (tertiary/aromatic N) is 1. The second kappa shape index (κ2) is 4.83. The van der Waals surface area contributed by atoms with Gasteiger partial charge in [0.1, 0.15) is 0 Å². The van der Waals surface area contributed by atoms with E-state index in [1.165, 1.54) is 32.2 Å². The summed E-state index contributed by atoms with van der Waals surface area (Å²) in [5, 5.41) is 0. The molecule has 1 aliphatic rings. The Hall–Kier alpha value is -0.0800. The highest BCUT2D eigenvalue weighted by Crippen LogP contribution is 2.30. The van der Waals surface area contributed by atoms with E-state index in [4.69, 9.17) is 5.73 Å². The van der Waals surface area contributed by atoms with Crippen molar-refractivity contribution >= 4 is 0 Å². The van der Waals surface area contributed by atoms with Crippen LogP contribution in [0.3, 0.4) is 0 Å². The van der Waals surface area contributed by atoms with Crippen molar-refractivity contribution in [1.29, 1.82) is 0 Å². The smallest absolute Gasteiger partial charge is 0.0133 e. The van der Waals surface area contributed by atoms with Crippen molar-refractivity contribution in [2.45, 2.75) is 38.6 Å². The molecule has 2 atom stereocenters. The second-order valence-corrected chi connectivity index (χ2v) is 3.97. The van der Waals surface area contributed by atoms with E-state index in [9.17, 15) is 0 Å². The maximum Gasteiger partial charge on any atom is 0.0133 e. The summed E-state index contributed by atoms with van der Waals surface area (Å²) in [5.41, 5.74) is 5.66. The molecule has 0 amide bonds. The van der Waals surface area contributed by atoms with Crippen molar-refractivity contribution in [2.75, 3.05) is 20.1 Å². The van der Waals surface area contributed by atoms with Crippen LogP contribution in [0.25, 0.3) is 0 Å². The van der Waals surface area contributed by atoms with Crippen LogP contribution in [0, 0.1) is 5.92 Å². The lowest BCUT2D eigenvalue weighted by Crippen LogP contribution is -2.48. The van der Waals surface area contributed by atoms with Crippen molar-refractivity contribution in [2.24, 2.45) is 11.7 Å². The molecule has 2 N–H and O–H groups in total. The monoisotopic (exact) mass is 170 g/mol. The highest BCUT2D eigenvalue weighted by molar-refractivity contribution is 4.87. The highest BCUT2D eigenvalue weighted by Gasteiger charge is 2.31. The Kier molecular flexibility index (Phi) is 4.02. The molecule has 0 bridgehead atoms. The van der Waals surface area contributed by atoms with Crippen LogP contribution in [0.1, 0.15) is 32.6 Å². The van der Waals surface area contributed by atoms with Gasteiger partial charge in [0, 0.05) is 6.04 Å². The molecule has 0 aliphatic heterocycles. The highest BCUT2D eigenvalue weighted by atomic mass is 15.1. The molecule has 1 fully saturated rings. The summed E-state index contributed by atoms with van der Waals surface area (Å²) < 4.78 is 0. The number of hydrogen-bond donors (Lipinski definition) is 1. The third-order valence-corrected chi connectivity index (χ3v) is 3.11. The molecule has 2 nitrogen and oxygen atoms in total. The van der Waals surface area contributed by atoms with Gasteiger partial charge in [0.05, 0.1) is 0 Å². The topological polar surface area (TPSA) is 29.3 Å². The first kappa shape index (κ1) is 10.0. The van der Waals surface area contributed by atoms with Crippen LogP contribution in [0.15, 0.2) is 0 Å². The zero-order valence-electron chi connectivity index (χ0n) is 8.42. The minimum absolute atomic E-state index is 0.784. The molecule has 2 unspecified atom stereocenters. The Morgan fingerprint density at radius 2 is 2.17 bits per heavy atom. The summed E-state index contributed by atoms with van der Waals surface area (Å²) in [6.07, 6.45) is 5.33. The lowest BCUT2D eigenvalue weighted by molar-refractivity contribution is 0.0885. The predicted molar refractivity (Wildman–Crippen MR) is 53.1 cm³/mol. The summed E-state index contributed by atoms with van der Waals surface area (Å²) in [6.45, 7) is 4.37. The molecule has 0 aromatic rings. The molecule has 0 saturated heterocycles. The van der Waals surface area contributed by atoms with Gasteiger partial charge >= 0.3 is 0 Å². The van der Waals surface area contributed by atoms with Crippen LogP contribution in [0.5, 0.6) is 0 Å². The normalized spacial score (nSPS) is 29.0. The van der Waals surface area contributed by atoms with E-state index in [1.54, 1.807) is 0 Å². The molecular formula is C10H22N2. The minimum atomic E-state index is 0.784. The molecule has 0 aromatic carbocycles. The Balaban J connectivity index is 2.18. The van der Waals surface area contributed by atoms with E-state index in [1.807, 2.05) is 0 Å². The average molecular weight is 170 g/mol. The maximum atomic E-state index is 5.66. The first-order chi connectivity index (χ1) is 5.79. The Bertz CT molecular complexity index is 123. The Morgan fingerprint density at radius 3 is 2.58 bits per heavy atom. The van der Waals surface area contributed by atoms with Gasteiger partial charge in [-0.15, -0.1) is 0 Å². The van der Waals surface area contributed by atoms with Crippen LogP contribution in [-0.2, 0) is 0 Å². The molecule has 1 rings (SSSR count). The van der Waals surface area contributed by atoms with Gasteiger partial charge in [0.15, 0.2) is 0 Å². The third-order valence-electron chi connectivity index (χ3n) is 3.11. The van der Waals surface area contributed by atoms with Gasteiger partial charge in [-0.2, -0.15) is 0 Å². The Morgan fingerprint density at radius 1 is 1.42 bits per heavy atom. The van der Waals surface area contributed by atoms with Crippen molar-refractivity contribution < 1.29 is 0 Å². The van der Waals surface area contributed by atoms with E-state index in [2.05, 4.69) is 18.9 Å². The van der Waals surface area contributed by atoms with E-state index in [0.29, 0.717) is 0 Å². The van der Waals surface area contributed by atoms with E-state index >= 15 is 0 Å². The van der Waals surface area contributed by atoms with Crippen molar-refractivity contribution in [3.05, 3.63) is 0 Å². The fraction of sp³-hybridized carbons (Fsp3) is 1.00. The summed E-state index contributed by atoms with van der Waals surface area (Å²) >= 11 is 0. The van der Waals surface area contributed by atoms with Gasteiger partial charge in [0.25, 0.3) is 0 Å². The minimum Gasteiger partial charge on any atom is -0.330 e. The van der Waals surface area contributed by atoms with Crippen molar-refractivity contribution in [3.8, 4) is 0 Å². The zero-order chi connectivity index (χ0) is 8.97. The first-order valence-corrected chi connectivity index (χ1v) is 5.20. The van der Waals surface area contributed by atoms with Gasteiger partial charge in [-0.1, -0.05) is 13.3 Å². The van der Waals surface area contributed by atoms with Crippen LogP contribution in [0.2, 0.25) is 0 Å². The van der Waals surface area contributed by atoms with E-state index in [-0.39, 0.29) is 0 Å². The average Bonchev–Trinajstić information content (AvgIpc) is 2.00. The van der Waals surface area contributed by atoms with Gasteiger partial charge in [-0.05, 0) is 45.3 Å². The SMILES string of the molecule is CCCCN(C)C1CCC1CN. The molecule has 2 heteroatoms. The van der Waals surface area contributed by atoms with Gasteiger partial charge < -0.3 is 10.6 Å². The second-order valence-electron chi connectivity index (χ2n) is 3.97. The van der Waals surface area contributed by atoms with Gasteiger partial charge in [-0.3, -0.25) is 0 Å². The Labute approximate surface area is 76.1 Å². The molecule has 1 saturated carbocycles. The first-order valence-electron chi connectivity index (χ1n) is 5.20. The number of nitrogens with two attached hydrogens (primary N) is 1. The predicted octanol–water partition coefficient (Wildman–Crippen LogP) is 1.46. The summed E-state index contributed by atoms with van der Waals surface area (Å²) in [4.78, 5) is 2.49. The largest absolute Gasteiger partial charge is 0.330 e.